The van der Waals surface area contributed by atoms with Crippen molar-refractivity contribution in [3.63, 3.8) is 0 Å². The lowest BCUT2D eigenvalue weighted by atomic mass is 10.2. The highest BCUT2D eigenvalue weighted by Gasteiger charge is 2.22. The van der Waals surface area contributed by atoms with Crippen LogP contribution in [0.2, 0.25) is 0 Å². The van der Waals surface area contributed by atoms with Gasteiger partial charge in [0.15, 0.2) is 0 Å². The van der Waals surface area contributed by atoms with Crippen molar-refractivity contribution in [2.45, 2.75) is 13.8 Å². The number of benzene rings is 1. The van der Waals surface area contributed by atoms with Gasteiger partial charge in [-0.25, -0.2) is 9.67 Å². The fourth-order valence-corrected chi connectivity index (χ4v) is 4.18. The van der Waals surface area contributed by atoms with E-state index < -0.39 is 5.91 Å². The van der Waals surface area contributed by atoms with Gasteiger partial charge in [-0.1, -0.05) is 18.2 Å². The zero-order valence-electron chi connectivity index (χ0n) is 15.7. The van der Waals surface area contributed by atoms with Crippen molar-refractivity contribution in [3.8, 4) is 5.69 Å². The second-order valence-electron chi connectivity index (χ2n) is 6.54. The summed E-state index contributed by atoms with van der Waals surface area (Å²) in [6.45, 7) is 3.67. The Bertz CT molecular complexity index is 1270. The third kappa shape index (κ3) is 2.78. The van der Waals surface area contributed by atoms with Crippen LogP contribution in [-0.2, 0) is 7.05 Å². The maximum Gasteiger partial charge on any atom is 0.295 e. The molecule has 28 heavy (non-hydrogen) atoms. The molecular formula is C20H19N5O2S. The molecule has 0 aliphatic carbocycles. The van der Waals surface area contributed by atoms with Gasteiger partial charge in [-0.3, -0.25) is 14.3 Å². The number of anilines is 2. The fourth-order valence-electron chi connectivity index (χ4n) is 3.14. The summed E-state index contributed by atoms with van der Waals surface area (Å²) in [4.78, 5) is 31.3. The number of nitrogens with zero attached hydrogens (tertiary/aromatic N) is 3. The Hall–Kier alpha value is -3.39. The van der Waals surface area contributed by atoms with Gasteiger partial charge < -0.3 is 11.1 Å². The Morgan fingerprint density at radius 3 is 2.57 bits per heavy atom. The predicted molar refractivity (Wildman–Crippen MR) is 112 cm³/mol. The molecule has 1 amide bonds. The summed E-state index contributed by atoms with van der Waals surface area (Å²) in [6.07, 6.45) is 0. The monoisotopic (exact) mass is 393 g/mol. The van der Waals surface area contributed by atoms with Crippen LogP contribution in [-0.4, -0.2) is 20.3 Å². The Morgan fingerprint density at radius 2 is 1.86 bits per heavy atom. The molecule has 0 fully saturated rings. The molecule has 1 aromatic carbocycles. The molecular weight excluding hydrogens is 374 g/mol. The minimum absolute atomic E-state index is 0.234. The highest BCUT2D eigenvalue weighted by molar-refractivity contribution is 7.21. The molecule has 4 aromatic rings. The molecule has 0 saturated heterocycles. The summed E-state index contributed by atoms with van der Waals surface area (Å²) in [5, 5.41) is 3.49. The first-order valence-electron chi connectivity index (χ1n) is 8.69. The molecule has 0 bridgehead atoms. The summed E-state index contributed by atoms with van der Waals surface area (Å²) in [5.41, 5.74) is 8.70. The zero-order chi connectivity index (χ0) is 20.0. The molecule has 0 atom stereocenters. The molecule has 7 nitrogen and oxygen atoms in total. The number of amides is 1. The van der Waals surface area contributed by atoms with Gasteiger partial charge in [-0.2, -0.15) is 0 Å². The van der Waals surface area contributed by atoms with Gasteiger partial charge >= 0.3 is 0 Å². The number of fused-ring (bicyclic) bond motifs is 1. The van der Waals surface area contributed by atoms with E-state index in [0.29, 0.717) is 21.1 Å². The van der Waals surface area contributed by atoms with Gasteiger partial charge in [0, 0.05) is 18.1 Å². The number of nitrogens with two attached hydrogens (primary N) is 1. The number of carbonyl (C=O) groups excluding carboxylic acids is 1. The zero-order valence-corrected chi connectivity index (χ0v) is 16.5. The van der Waals surface area contributed by atoms with Gasteiger partial charge in [0.05, 0.1) is 17.1 Å². The quantitative estimate of drug-likeness (QED) is 0.559. The number of hydrogen-bond donors (Lipinski definition) is 2. The minimum Gasteiger partial charge on any atom is -0.397 e. The van der Waals surface area contributed by atoms with Crippen molar-refractivity contribution >= 4 is 38.8 Å². The van der Waals surface area contributed by atoms with E-state index in [2.05, 4.69) is 10.3 Å². The van der Waals surface area contributed by atoms with Gasteiger partial charge in [-0.05, 0) is 38.1 Å². The smallest absolute Gasteiger partial charge is 0.295 e. The number of nitrogen functional groups attached to an aromatic ring is 1. The van der Waals surface area contributed by atoms with E-state index in [1.165, 1.54) is 16.0 Å². The topological polar surface area (TPSA) is 94.9 Å². The number of para-hydroxylation sites is 1. The number of rotatable bonds is 3. The van der Waals surface area contributed by atoms with Crippen LogP contribution < -0.4 is 16.6 Å². The highest BCUT2D eigenvalue weighted by Crippen LogP contribution is 2.33. The van der Waals surface area contributed by atoms with Gasteiger partial charge in [-0.15, -0.1) is 11.3 Å². The van der Waals surface area contributed by atoms with Crippen molar-refractivity contribution in [2.75, 3.05) is 11.1 Å². The van der Waals surface area contributed by atoms with Crippen LogP contribution in [0, 0.1) is 13.8 Å². The van der Waals surface area contributed by atoms with E-state index in [0.717, 1.165) is 16.8 Å². The maximum atomic E-state index is 13.0. The number of thiophene rings is 1. The first kappa shape index (κ1) is 18.0. The Morgan fingerprint density at radius 1 is 1.14 bits per heavy atom. The van der Waals surface area contributed by atoms with Crippen molar-refractivity contribution in [1.82, 2.24) is 14.3 Å². The van der Waals surface area contributed by atoms with E-state index in [1.54, 1.807) is 18.7 Å². The summed E-state index contributed by atoms with van der Waals surface area (Å²) in [5.74, 6) is -0.413. The number of pyridine rings is 1. The SMILES string of the molecule is Cc1ccc2c(N)c(C(=O)Nc3c(C)n(C)n(-c4ccccc4)c3=O)sc2n1. The molecule has 4 rings (SSSR count). The summed E-state index contributed by atoms with van der Waals surface area (Å²) in [7, 11) is 1.78. The standard InChI is InChI=1S/C20H19N5O2S/c1-11-9-10-14-15(21)17(28-19(14)22-11)18(26)23-16-12(2)24(3)25(20(16)27)13-7-5-4-6-8-13/h4-10H,21H2,1-3H3,(H,23,26). The highest BCUT2D eigenvalue weighted by atomic mass is 32.1. The molecule has 0 unspecified atom stereocenters. The van der Waals surface area contributed by atoms with Crippen molar-refractivity contribution < 1.29 is 4.79 Å². The second kappa shape index (κ2) is 6.65. The lowest BCUT2D eigenvalue weighted by Gasteiger charge is -2.07. The molecule has 3 heterocycles. The normalized spacial score (nSPS) is 11.1. The molecule has 142 valence electrons. The fraction of sp³-hybridized carbons (Fsp3) is 0.150. The van der Waals surface area contributed by atoms with Crippen LogP contribution in [0.5, 0.6) is 0 Å². The third-order valence-corrected chi connectivity index (χ3v) is 5.85. The summed E-state index contributed by atoms with van der Waals surface area (Å²) < 4.78 is 3.23. The molecule has 3 N–H and O–H groups in total. The maximum absolute atomic E-state index is 13.0. The van der Waals surface area contributed by atoms with Gasteiger partial charge in [0.1, 0.15) is 15.4 Å². The summed E-state index contributed by atoms with van der Waals surface area (Å²) >= 11 is 1.22. The number of aromatic nitrogens is 3. The minimum atomic E-state index is -0.413. The van der Waals surface area contributed by atoms with Crippen LogP contribution in [0.1, 0.15) is 21.1 Å². The molecule has 0 aliphatic heterocycles. The van der Waals surface area contributed by atoms with Crippen LogP contribution >= 0.6 is 11.3 Å². The number of hydrogen-bond acceptors (Lipinski definition) is 5. The van der Waals surface area contributed by atoms with E-state index in [1.807, 2.05) is 49.4 Å². The molecule has 0 spiro atoms. The van der Waals surface area contributed by atoms with E-state index in [9.17, 15) is 9.59 Å². The number of aryl methyl sites for hydroxylation is 1. The lowest BCUT2D eigenvalue weighted by Crippen LogP contribution is -2.22. The first-order chi connectivity index (χ1) is 13.4. The predicted octanol–water partition coefficient (Wildman–Crippen LogP) is 3.24. The number of nitrogens with one attached hydrogen (secondary N) is 1. The average molecular weight is 393 g/mol. The van der Waals surface area contributed by atoms with Crippen molar-refractivity contribution in [2.24, 2.45) is 7.05 Å². The van der Waals surface area contributed by atoms with Crippen LogP contribution in [0.25, 0.3) is 15.9 Å². The van der Waals surface area contributed by atoms with Crippen LogP contribution in [0.4, 0.5) is 11.4 Å². The molecule has 0 radical (unpaired) electrons. The van der Waals surface area contributed by atoms with E-state index >= 15 is 0 Å². The average Bonchev–Trinajstić information content (AvgIpc) is 3.11. The number of carbonyl (C=O) groups is 1. The van der Waals surface area contributed by atoms with Gasteiger partial charge in [0.25, 0.3) is 11.5 Å². The van der Waals surface area contributed by atoms with Crippen LogP contribution in [0.3, 0.4) is 0 Å². The van der Waals surface area contributed by atoms with E-state index in [4.69, 9.17) is 5.73 Å². The molecule has 8 heteroatoms. The third-order valence-electron chi connectivity index (χ3n) is 4.73. The Kier molecular flexibility index (Phi) is 4.27. The van der Waals surface area contributed by atoms with Gasteiger partial charge in [0.2, 0.25) is 0 Å². The second-order valence-corrected chi connectivity index (χ2v) is 7.54. The first-order valence-corrected chi connectivity index (χ1v) is 9.51. The summed E-state index contributed by atoms with van der Waals surface area (Å²) in [6, 6.07) is 13.0. The Balaban J connectivity index is 1.75. The molecule has 3 aromatic heterocycles. The molecule has 0 aliphatic rings. The van der Waals surface area contributed by atoms with Crippen molar-refractivity contribution in [1.29, 1.82) is 0 Å². The Labute approximate surface area is 165 Å². The molecule has 0 saturated carbocycles. The van der Waals surface area contributed by atoms with Crippen LogP contribution in [0.15, 0.2) is 47.3 Å². The van der Waals surface area contributed by atoms with Crippen molar-refractivity contribution in [3.05, 3.63) is 69.1 Å². The largest absolute Gasteiger partial charge is 0.397 e. The van der Waals surface area contributed by atoms with E-state index in [-0.39, 0.29) is 11.2 Å². The lowest BCUT2D eigenvalue weighted by molar-refractivity contribution is 0.103.